The molecule has 0 heterocycles. The standard InChI is InChI=1S/C25H22BrCl3N2O3/c1-30-25(33)22(12-16-5-3-2-4-6-16)31(14-17-7-9-19(27)20(28)11-17)24(32)15-34-23-10-8-18(26)13-21(23)29/h2-11,13,22H,12,14-15H2,1H3,(H,30,33)/t22-/m1/s1. The van der Waals surface area contributed by atoms with Crippen molar-refractivity contribution in [3.8, 4) is 5.75 Å². The number of hydrogen-bond donors (Lipinski definition) is 1. The van der Waals surface area contributed by atoms with Gasteiger partial charge in [-0.25, -0.2) is 0 Å². The summed E-state index contributed by atoms with van der Waals surface area (Å²) in [6.07, 6.45) is 0.326. The predicted octanol–water partition coefficient (Wildman–Crippen LogP) is 6.17. The molecule has 0 unspecified atom stereocenters. The van der Waals surface area contributed by atoms with E-state index in [1.54, 1.807) is 43.4 Å². The number of ether oxygens (including phenoxy) is 1. The summed E-state index contributed by atoms with van der Waals surface area (Å²) < 4.78 is 6.50. The highest BCUT2D eigenvalue weighted by Gasteiger charge is 2.30. The second-order valence-corrected chi connectivity index (χ2v) is 9.59. The molecule has 0 radical (unpaired) electrons. The van der Waals surface area contributed by atoms with Crippen molar-refractivity contribution in [3.63, 3.8) is 0 Å². The van der Waals surface area contributed by atoms with Crippen LogP contribution in [0.2, 0.25) is 15.1 Å². The van der Waals surface area contributed by atoms with Gasteiger partial charge in [0.2, 0.25) is 5.91 Å². The van der Waals surface area contributed by atoms with E-state index in [0.717, 1.165) is 15.6 Å². The topological polar surface area (TPSA) is 58.6 Å². The Morgan fingerprint density at radius 2 is 1.68 bits per heavy atom. The Balaban J connectivity index is 1.90. The summed E-state index contributed by atoms with van der Waals surface area (Å²) in [6, 6.07) is 18.9. The molecular weight excluding hydrogens is 563 g/mol. The third kappa shape index (κ3) is 7.12. The van der Waals surface area contributed by atoms with Crippen molar-refractivity contribution in [2.75, 3.05) is 13.7 Å². The first-order valence-corrected chi connectivity index (χ1v) is 12.3. The molecule has 1 N–H and O–H groups in total. The SMILES string of the molecule is CNC(=O)[C@@H](Cc1ccccc1)N(Cc1ccc(Cl)c(Cl)c1)C(=O)COc1ccc(Br)cc1Cl. The van der Waals surface area contributed by atoms with Gasteiger partial charge < -0.3 is 15.0 Å². The van der Waals surface area contributed by atoms with Gasteiger partial charge in [-0.3, -0.25) is 9.59 Å². The minimum Gasteiger partial charge on any atom is -0.482 e. The summed E-state index contributed by atoms with van der Waals surface area (Å²) in [5.74, 6) is -0.305. The zero-order valence-electron chi connectivity index (χ0n) is 18.2. The lowest BCUT2D eigenvalue weighted by molar-refractivity contribution is -0.142. The second-order valence-electron chi connectivity index (χ2n) is 7.45. The molecule has 0 spiro atoms. The Morgan fingerprint density at radius 3 is 2.32 bits per heavy atom. The highest BCUT2D eigenvalue weighted by Crippen LogP contribution is 2.28. The van der Waals surface area contributed by atoms with E-state index in [1.165, 1.54) is 4.90 Å². The van der Waals surface area contributed by atoms with Crippen molar-refractivity contribution in [1.29, 1.82) is 0 Å². The van der Waals surface area contributed by atoms with E-state index >= 15 is 0 Å². The number of halogens is 4. The molecular formula is C25H22BrCl3N2O3. The van der Waals surface area contributed by atoms with E-state index in [4.69, 9.17) is 39.5 Å². The molecule has 3 rings (SSSR count). The molecule has 1 atom stereocenters. The minimum atomic E-state index is -0.779. The quantitative estimate of drug-likeness (QED) is 0.327. The summed E-state index contributed by atoms with van der Waals surface area (Å²) in [4.78, 5) is 27.8. The zero-order valence-corrected chi connectivity index (χ0v) is 22.1. The third-order valence-corrected chi connectivity index (χ3v) is 6.63. The van der Waals surface area contributed by atoms with Crippen LogP contribution in [0.25, 0.3) is 0 Å². The molecule has 0 fully saturated rings. The molecule has 0 bridgehead atoms. The molecule has 0 saturated heterocycles. The lowest BCUT2D eigenvalue weighted by atomic mass is 10.0. The van der Waals surface area contributed by atoms with E-state index in [2.05, 4.69) is 21.2 Å². The number of carbonyl (C=O) groups excluding carboxylic acids is 2. The summed E-state index contributed by atoms with van der Waals surface area (Å²) in [7, 11) is 1.54. The van der Waals surface area contributed by atoms with Crippen molar-refractivity contribution >= 4 is 62.5 Å². The Bertz CT molecular complexity index is 1160. The van der Waals surface area contributed by atoms with Gasteiger partial charge in [-0.05, 0) is 41.5 Å². The molecule has 178 valence electrons. The van der Waals surface area contributed by atoms with Gasteiger partial charge in [-0.2, -0.15) is 0 Å². The average molecular weight is 585 g/mol. The van der Waals surface area contributed by atoms with Crippen LogP contribution in [0.4, 0.5) is 0 Å². The van der Waals surface area contributed by atoms with E-state index in [0.29, 0.717) is 27.2 Å². The number of rotatable bonds is 9. The molecule has 5 nitrogen and oxygen atoms in total. The average Bonchev–Trinajstić information content (AvgIpc) is 2.83. The fourth-order valence-corrected chi connectivity index (χ4v) is 4.42. The smallest absolute Gasteiger partial charge is 0.261 e. The number of nitrogens with zero attached hydrogens (tertiary/aromatic N) is 1. The molecule has 3 aromatic carbocycles. The van der Waals surface area contributed by atoms with Gasteiger partial charge in [0.15, 0.2) is 6.61 Å². The fraction of sp³-hybridized carbons (Fsp3) is 0.200. The largest absolute Gasteiger partial charge is 0.482 e. The van der Waals surface area contributed by atoms with Crippen molar-refractivity contribution in [2.45, 2.75) is 19.0 Å². The normalized spacial score (nSPS) is 11.6. The van der Waals surface area contributed by atoms with Crippen molar-refractivity contribution in [1.82, 2.24) is 10.2 Å². The van der Waals surface area contributed by atoms with Crippen LogP contribution in [0.1, 0.15) is 11.1 Å². The highest BCUT2D eigenvalue weighted by molar-refractivity contribution is 9.10. The zero-order chi connectivity index (χ0) is 24.7. The van der Waals surface area contributed by atoms with Gasteiger partial charge in [-0.1, -0.05) is 87.1 Å². The summed E-state index contributed by atoms with van der Waals surface area (Å²) in [5, 5.41) is 3.81. The van der Waals surface area contributed by atoms with Gasteiger partial charge in [0.1, 0.15) is 11.8 Å². The van der Waals surface area contributed by atoms with Crippen LogP contribution in [0.15, 0.2) is 71.2 Å². The summed E-state index contributed by atoms with van der Waals surface area (Å²) >= 11 is 21.8. The Morgan fingerprint density at radius 1 is 0.941 bits per heavy atom. The predicted molar refractivity (Wildman–Crippen MR) is 140 cm³/mol. The minimum absolute atomic E-state index is 0.137. The molecule has 0 saturated carbocycles. The van der Waals surface area contributed by atoms with Crippen LogP contribution < -0.4 is 10.1 Å². The summed E-state index contributed by atoms with van der Waals surface area (Å²) in [6.45, 7) is -0.164. The van der Waals surface area contributed by atoms with Crippen LogP contribution in [0.3, 0.4) is 0 Å². The molecule has 34 heavy (non-hydrogen) atoms. The number of nitrogens with one attached hydrogen (secondary N) is 1. The van der Waals surface area contributed by atoms with E-state index in [1.807, 2.05) is 30.3 Å². The monoisotopic (exact) mass is 582 g/mol. The van der Waals surface area contributed by atoms with E-state index < -0.39 is 6.04 Å². The number of hydrogen-bond acceptors (Lipinski definition) is 3. The van der Waals surface area contributed by atoms with E-state index in [9.17, 15) is 9.59 Å². The first-order chi connectivity index (χ1) is 16.3. The Kier molecular flexibility index (Phi) is 9.65. The van der Waals surface area contributed by atoms with Gasteiger partial charge >= 0.3 is 0 Å². The second kappa shape index (κ2) is 12.5. The lowest BCUT2D eigenvalue weighted by Crippen LogP contribution is -2.51. The lowest BCUT2D eigenvalue weighted by Gasteiger charge is -2.31. The number of carbonyl (C=O) groups is 2. The maximum absolute atomic E-state index is 13.4. The van der Waals surface area contributed by atoms with Crippen molar-refractivity contribution in [2.24, 2.45) is 0 Å². The highest BCUT2D eigenvalue weighted by atomic mass is 79.9. The van der Waals surface area contributed by atoms with Crippen LogP contribution in [-0.2, 0) is 22.6 Å². The van der Waals surface area contributed by atoms with Crippen LogP contribution in [0.5, 0.6) is 5.75 Å². The van der Waals surface area contributed by atoms with Gasteiger partial charge in [0, 0.05) is 24.5 Å². The molecule has 0 aliphatic heterocycles. The van der Waals surface area contributed by atoms with Crippen molar-refractivity contribution < 1.29 is 14.3 Å². The maximum Gasteiger partial charge on any atom is 0.261 e. The van der Waals surface area contributed by atoms with Crippen LogP contribution in [-0.4, -0.2) is 36.4 Å². The van der Waals surface area contributed by atoms with Gasteiger partial charge in [-0.15, -0.1) is 0 Å². The maximum atomic E-state index is 13.4. The number of likely N-dealkylation sites (N-methyl/N-ethyl adjacent to an activating group) is 1. The molecule has 9 heteroatoms. The first kappa shape index (κ1) is 26.4. The van der Waals surface area contributed by atoms with Crippen LogP contribution >= 0.6 is 50.7 Å². The fourth-order valence-electron chi connectivity index (χ4n) is 3.37. The first-order valence-electron chi connectivity index (χ1n) is 10.3. The van der Waals surface area contributed by atoms with E-state index in [-0.39, 0.29) is 25.0 Å². The molecule has 0 aromatic heterocycles. The Hall–Kier alpha value is -2.25. The van der Waals surface area contributed by atoms with Crippen LogP contribution in [0, 0.1) is 0 Å². The summed E-state index contributed by atoms with van der Waals surface area (Å²) in [5.41, 5.74) is 1.64. The van der Waals surface area contributed by atoms with Crippen molar-refractivity contribution in [3.05, 3.63) is 97.4 Å². The number of benzene rings is 3. The third-order valence-electron chi connectivity index (χ3n) is 5.10. The number of amides is 2. The molecule has 2 amide bonds. The Labute approximate surface area is 222 Å². The molecule has 0 aliphatic rings. The molecule has 0 aliphatic carbocycles. The molecule has 3 aromatic rings. The van der Waals surface area contributed by atoms with Gasteiger partial charge in [0.05, 0.1) is 15.1 Å². The van der Waals surface area contributed by atoms with Gasteiger partial charge in [0.25, 0.3) is 5.91 Å².